The molecular weight excluding hydrogens is 510 g/mol. The first-order valence-corrected chi connectivity index (χ1v) is 14.9. The molecule has 3 aromatic carbocycles. The number of nitrogens with one attached hydrogen (secondary N) is 1. The fourth-order valence-electron chi connectivity index (χ4n) is 4.24. The number of benzene rings is 3. The predicted octanol–water partition coefficient (Wildman–Crippen LogP) is 5.09. The van der Waals surface area contributed by atoms with E-state index in [1.165, 1.54) is 17.0 Å². The van der Waals surface area contributed by atoms with Crippen molar-refractivity contribution in [1.82, 2.24) is 10.2 Å². The van der Waals surface area contributed by atoms with Crippen LogP contribution in [-0.4, -0.2) is 44.3 Å². The van der Waals surface area contributed by atoms with Gasteiger partial charge in [-0.05, 0) is 67.6 Å². The number of rotatable bonds is 13. The van der Waals surface area contributed by atoms with Crippen molar-refractivity contribution >= 4 is 27.5 Å². The highest BCUT2D eigenvalue weighted by atomic mass is 32.2. The van der Waals surface area contributed by atoms with Crippen molar-refractivity contribution in [2.24, 2.45) is 0 Å². The van der Waals surface area contributed by atoms with Gasteiger partial charge in [-0.3, -0.25) is 13.9 Å². The van der Waals surface area contributed by atoms with Gasteiger partial charge in [0.15, 0.2) is 0 Å². The van der Waals surface area contributed by atoms with Crippen molar-refractivity contribution in [2.75, 3.05) is 17.4 Å². The number of amides is 2. The van der Waals surface area contributed by atoms with Crippen LogP contribution in [0.1, 0.15) is 50.3 Å². The molecule has 0 aliphatic heterocycles. The molecule has 0 radical (unpaired) electrons. The molecule has 3 aromatic rings. The number of nitrogens with zero attached hydrogens (tertiary/aromatic N) is 2. The van der Waals surface area contributed by atoms with Crippen molar-refractivity contribution in [2.45, 2.75) is 64.4 Å². The monoisotopic (exact) mass is 549 g/mol. The SMILES string of the molecule is CCCCNC(=O)C(C)N(Cc1ccccc1C)C(=O)CN(c1ccc(CC)cc1)S(=O)(=O)c1ccccc1. The van der Waals surface area contributed by atoms with Crippen LogP contribution in [0.5, 0.6) is 0 Å². The number of sulfonamides is 1. The highest BCUT2D eigenvalue weighted by Gasteiger charge is 2.32. The van der Waals surface area contributed by atoms with Crippen LogP contribution in [0.4, 0.5) is 5.69 Å². The van der Waals surface area contributed by atoms with Crippen molar-refractivity contribution in [1.29, 1.82) is 0 Å². The Morgan fingerprint density at radius 2 is 1.54 bits per heavy atom. The first-order valence-electron chi connectivity index (χ1n) is 13.5. The fourth-order valence-corrected chi connectivity index (χ4v) is 5.67. The molecule has 39 heavy (non-hydrogen) atoms. The summed E-state index contributed by atoms with van der Waals surface area (Å²) in [5, 5.41) is 2.91. The van der Waals surface area contributed by atoms with Gasteiger partial charge in [-0.15, -0.1) is 0 Å². The molecule has 1 atom stereocenters. The van der Waals surface area contributed by atoms with E-state index >= 15 is 0 Å². The van der Waals surface area contributed by atoms with Crippen molar-refractivity contribution < 1.29 is 18.0 Å². The molecule has 0 bridgehead atoms. The standard InChI is InChI=1S/C31H39N3O4S/c1-5-7-21-32-31(36)25(4)33(22-27-14-12-11-13-24(27)3)30(35)23-34(28-19-17-26(6-2)18-20-28)39(37,38)29-15-9-8-10-16-29/h8-20,25H,5-7,21-23H2,1-4H3,(H,32,36). The van der Waals surface area contributed by atoms with Gasteiger partial charge in [0.25, 0.3) is 10.0 Å². The van der Waals surface area contributed by atoms with Crippen LogP contribution in [0, 0.1) is 6.92 Å². The van der Waals surface area contributed by atoms with Gasteiger partial charge < -0.3 is 10.2 Å². The van der Waals surface area contributed by atoms with Gasteiger partial charge in [0.2, 0.25) is 11.8 Å². The highest BCUT2D eigenvalue weighted by molar-refractivity contribution is 7.92. The molecule has 1 N–H and O–H groups in total. The summed E-state index contributed by atoms with van der Waals surface area (Å²) in [5.41, 5.74) is 3.32. The quantitative estimate of drug-likeness (QED) is 0.301. The van der Waals surface area contributed by atoms with Crippen molar-refractivity contribution in [3.63, 3.8) is 0 Å². The first kappa shape index (κ1) is 29.9. The zero-order chi connectivity index (χ0) is 28.4. The molecule has 7 nitrogen and oxygen atoms in total. The maximum atomic E-state index is 14.0. The third kappa shape index (κ3) is 7.69. The number of carbonyl (C=O) groups is 2. The second-order valence-corrected chi connectivity index (χ2v) is 11.5. The van der Waals surface area contributed by atoms with Gasteiger partial charge in [0.1, 0.15) is 12.6 Å². The Morgan fingerprint density at radius 3 is 2.15 bits per heavy atom. The summed E-state index contributed by atoms with van der Waals surface area (Å²) in [5.74, 6) is -0.731. The number of hydrogen-bond donors (Lipinski definition) is 1. The number of hydrogen-bond acceptors (Lipinski definition) is 4. The van der Waals surface area contributed by atoms with E-state index in [0.29, 0.717) is 12.2 Å². The smallest absolute Gasteiger partial charge is 0.264 e. The second-order valence-electron chi connectivity index (χ2n) is 9.61. The van der Waals surface area contributed by atoms with Gasteiger partial charge in [0.05, 0.1) is 10.6 Å². The minimum absolute atomic E-state index is 0.0909. The molecule has 0 saturated carbocycles. The summed E-state index contributed by atoms with van der Waals surface area (Å²) in [7, 11) is -4.06. The Morgan fingerprint density at radius 1 is 0.897 bits per heavy atom. The number of carbonyl (C=O) groups excluding carboxylic acids is 2. The lowest BCUT2D eigenvalue weighted by Gasteiger charge is -2.32. The Labute approximate surface area is 232 Å². The third-order valence-electron chi connectivity index (χ3n) is 6.84. The lowest BCUT2D eigenvalue weighted by Crippen LogP contribution is -2.51. The van der Waals surface area contributed by atoms with Crippen LogP contribution in [0.3, 0.4) is 0 Å². The number of anilines is 1. The molecule has 0 fully saturated rings. The molecular formula is C31H39N3O4S. The third-order valence-corrected chi connectivity index (χ3v) is 8.63. The normalized spacial score (nSPS) is 12.0. The zero-order valence-corrected chi connectivity index (χ0v) is 24.1. The second kappa shape index (κ2) is 13.9. The molecule has 2 amide bonds. The summed E-state index contributed by atoms with van der Waals surface area (Å²) < 4.78 is 28.8. The van der Waals surface area contributed by atoms with Crippen molar-refractivity contribution in [3.8, 4) is 0 Å². The van der Waals surface area contributed by atoms with Crippen LogP contribution in [0.25, 0.3) is 0 Å². The Bertz CT molecular complexity index is 1340. The molecule has 0 aliphatic rings. The van der Waals surface area contributed by atoms with E-state index in [1.807, 2.05) is 57.2 Å². The zero-order valence-electron chi connectivity index (χ0n) is 23.3. The molecule has 1 unspecified atom stereocenters. The average Bonchev–Trinajstić information content (AvgIpc) is 2.95. The predicted molar refractivity (Wildman–Crippen MR) is 156 cm³/mol. The average molecular weight is 550 g/mol. The summed E-state index contributed by atoms with van der Waals surface area (Å²) in [6.07, 6.45) is 2.57. The Hall–Kier alpha value is -3.65. The Balaban J connectivity index is 2.00. The summed E-state index contributed by atoms with van der Waals surface area (Å²) in [6.45, 7) is 7.95. The van der Waals surface area contributed by atoms with E-state index in [-0.39, 0.29) is 17.3 Å². The van der Waals surface area contributed by atoms with E-state index in [4.69, 9.17) is 0 Å². The minimum atomic E-state index is -4.06. The van der Waals surface area contributed by atoms with Crippen LogP contribution in [-0.2, 0) is 32.6 Å². The molecule has 8 heteroatoms. The lowest BCUT2D eigenvalue weighted by molar-refractivity contribution is -0.139. The van der Waals surface area contributed by atoms with Gasteiger partial charge >= 0.3 is 0 Å². The number of aryl methyl sites for hydroxylation is 2. The molecule has 0 spiro atoms. The van der Waals surface area contributed by atoms with Crippen LogP contribution >= 0.6 is 0 Å². The van der Waals surface area contributed by atoms with E-state index in [1.54, 1.807) is 37.3 Å². The molecule has 0 heterocycles. The summed E-state index contributed by atoms with van der Waals surface area (Å²) >= 11 is 0. The molecule has 0 aromatic heterocycles. The van der Waals surface area contributed by atoms with E-state index < -0.39 is 28.5 Å². The van der Waals surface area contributed by atoms with Gasteiger partial charge in [-0.2, -0.15) is 0 Å². The maximum absolute atomic E-state index is 14.0. The minimum Gasteiger partial charge on any atom is -0.354 e. The number of unbranched alkanes of at least 4 members (excludes halogenated alkanes) is 1. The van der Waals surface area contributed by atoms with Crippen LogP contribution < -0.4 is 9.62 Å². The van der Waals surface area contributed by atoms with Gasteiger partial charge in [-0.1, -0.05) is 74.9 Å². The summed E-state index contributed by atoms with van der Waals surface area (Å²) in [4.78, 5) is 28.6. The fraction of sp³-hybridized carbons (Fsp3) is 0.355. The van der Waals surface area contributed by atoms with E-state index in [2.05, 4.69) is 5.32 Å². The lowest BCUT2D eigenvalue weighted by atomic mass is 10.1. The molecule has 0 aliphatic carbocycles. The molecule has 208 valence electrons. The molecule has 3 rings (SSSR count). The Kier molecular flexibility index (Phi) is 10.7. The van der Waals surface area contributed by atoms with E-state index in [9.17, 15) is 18.0 Å². The summed E-state index contributed by atoms with van der Waals surface area (Å²) in [6, 6.07) is 22.1. The topological polar surface area (TPSA) is 86.8 Å². The van der Waals surface area contributed by atoms with Crippen LogP contribution in [0.2, 0.25) is 0 Å². The maximum Gasteiger partial charge on any atom is 0.264 e. The van der Waals surface area contributed by atoms with E-state index in [0.717, 1.165) is 40.3 Å². The van der Waals surface area contributed by atoms with Crippen LogP contribution in [0.15, 0.2) is 83.8 Å². The highest BCUT2D eigenvalue weighted by Crippen LogP contribution is 2.25. The van der Waals surface area contributed by atoms with Gasteiger partial charge in [0, 0.05) is 13.1 Å². The van der Waals surface area contributed by atoms with Crippen molar-refractivity contribution in [3.05, 3.63) is 95.6 Å². The molecule has 0 saturated heterocycles. The van der Waals surface area contributed by atoms with Gasteiger partial charge in [-0.25, -0.2) is 8.42 Å². The first-order chi connectivity index (χ1) is 18.7. The largest absolute Gasteiger partial charge is 0.354 e.